The summed E-state index contributed by atoms with van der Waals surface area (Å²) in [6.45, 7) is 4.29. The molecule has 0 spiro atoms. The summed E-state index contributed by atoms with van der Waals surface area (Å²) < 4.78 is 0. The first-order valence-corrected chi connectivity index (χ1v) is 13.4. The molecule has 0 aliphatic rings. The molecule has 0 bridgehead atoms. The van der Waals surface area contributed by atoms with E-state index in [0.29, 0.717) is 16.6 Å². The number of hydrogen-bond acceptors (Lipinski definition) is 3. The van der Waals surface area contributed by atoms with Crippen LogP contribution in [-0.4, -0.2) is 11.8 Å². The molecule has 2 N–H and O–H groups in total. The quantitative estimate of drug-likeness (QED) is 0.216. The Balaban J connectivity index is 1.47. The van der Waals surface area contributed by atoms with Crippen LogP contribution >= 0.6 is 23.4 Å². The second-order valence-electron chi connectivity index (χ2n) is 9.05. The van der Waals surface area contributed by atoms with Gasteiger partial charge in [0.05, 0.1) is 6.42 Å². The van der Waals surface area contributed by atoms with Crippen molar-refractivity contribution >= 4 is 46.6 Å². The number of benzene rings is 4. The standard InChI is InChI=1S/C31H29ClN2O2S/c1-21(2)23-13-17-26(18-14-23)34-31(36)30(24-7-4-3-5-8-24)37-28-10-6-9-27(20-28)33-29(35)19-22-11-15-25(32)16-12-22/h3-18,20-21,30H,19H2,1-2H3,(H,33,35)(H,34,36). The summed E-state index contributed by atoms with van der Waals surface area (Å²) in [5, 5.41) is 6.19. The lowest BCUT2D eigenvalue weighted by Crippen LogP contribution is -2.19. The van der Waals surface area contributed by atoms with E-state index in [9.17, 15) is 9.59 Å². The van der Waals surface area contributed by atoms with Crippen molar-refractivity contribution in [3.8, 4) is 0 Å². The minimum Gasteiger partial charge on any atom is -0.326 e. The van der Waals surface area contributed by atoms with Gasteiger partial charge in [-0.3, -0.25) is 9.59 Å². The fraction of sp³-hybridized carbons (Fsp3) is 0.161. The van der Waals surface area contributed by atoms with Crippen LogP contribution in [0.15, 0.2) is 108 Å². The molecule has 0 saturated heterocycles. The van der Waals surface area contributed by atoms with Crippen LogP contribution in [0.4, 0.5) is 11.4 Å². The molecule has 2 amide bonds. The molecule has 4 nitrogen and oxygen atoms in total. The predicted octanol–water partition coefficient (Wildman–Crippen LogP) is 8.12. The molecule has 0 heterocycles. The van der Waals surface area contributed by atoms with Gasteiger partial charge in [-0.15, -0.1) is 11.8 Å². The summed E-state index contributed by atoms with van der Waals surface area (Å²) in [5.41, 5.74) is 4.46. The van der Waals surface area contributed by atoms with E-state index in [4.69, 9.17) is 11.6 Å². The van der Waals surface area contributed by atoms with Gasteiger partial charge in [0.15, 0.2) is 0 Å². The lowest BCUT2D eigenvalue weighted by atomic mass is 10.0. The molecule has 0 fully saturated rings. The highest BCUT2D eigenvalue weighted by atomic mass is 35.5. The number of halogens is 1. The van der Waals surface area contributed by atoms with Crippen molar-refractivity contribution in [2.75, 3.05) is 10.6 Å². The van der Waals surface area contributed by atoms with E-state index in [1.165, 1.54) is 17.3 Å². The molecule has 4 rings (SSSR count). The molecule has 37 heavy (non-hydrogen) atoms. The van der Waals surface area contributed by atoms with Gasteiger partial charge in [-0.2, -0.15) is 0 Å². The lowest BCUT2D eigenvalue weighted by molar-refractivity contribution is -0.116. The van der Waals surface area contributed by atoms with Crippen LogP contribution < -0.4 is 10.6 Å². The first kappa shape index (κ1) is 26.5. The third kappa shape index (κ3) is 7.72. The highest BCUT2D eigenvalue weighted by Gasteiger charge is 2.22. The normalized spacial score (nSPS) is 11.7. The highest BCUT2D eigenvalue weighted by molar-refractivity contribution is 8.00. The van der Waals surface area contributed by atoms with Gasteiger partial charge in [0, 0.05) is 21.3 Å². The fourth-order valence-corrected chi connectivity index (χ4v) is 5.05. The molecule has 4 aromatic rings. The number of anilines is 2. The molecular formula is C31H29ClN2O2S. The number of nitrogens with one attached hydrogen (secondary N) is 2. The number of amides is 2. The maximum absolute atomic E-state index is 13.4. The molecule has 1 atom stereocenters. The second kappa shape index (κ2) is 12.6. The zero-order valence-electron chi connectivity index (χ0n) is 20.8. The molecule has 6 heteroatoms. The van der Waals surface area contributed by atoms with Gasteiger partial charge in [0.1, 0.15) is 5.25 Å². The van der Waals surface area contributed by atoms with Crippen molar-refractivity contribution in [2.24, 2.45) is 0 Å². The number of carbonyl (C=O) groups is 2. The molecule has 188 valence electrons. The Labute approximate surface area is 227 Å². The second-order valence-corrected chi connectivity index (χ2v) is 10.7. The van der Waals surface area contributed by atoms with Gasteiger partial charge in [0.25, 0.3) is 0 Å². The fourth-order valence-electron chi connectivity index (χ4n) is 3.84. The van der Waals surface area contributed by atoms with E-state index in [-0.39, 0.29) is 18.2 Å². The maximum atomic E-state index is 13.4. The summed E-state index contributed by atoms with van der Waals surface area (Å²) in [4.78, 5) is 26.9. The minimum atomic E-state index is -0.467. The van der Waals surface area contributed by atoms with Gasteiger partial charge in [-0.05, 0) is 65.1 Å². The third-order valence-electron chi connectivity index (χ3n) is 5.84. The summed E-state index contributed by atoms with van der Waals surface area (Å²) >= 11 is 7.38. The molecule has 1 unspecified atom stereocenters. The van der Waals surface area contributed by atoms with Crippen molar-refractivity contribution in [1.29, 1.82) is 0 Å². The van der Waals surface area contributed by atoms with Crippen molar-refractivity contribution < 1.29 is 9.59 Å². The Hall–Kier alpha value is -3.54. The zero-order chi connectivity index (χ0) is 26.2. The van der Waals surface area contributed by atoms with Crippen molar-refractivity contribution in [3.63, 3.8) is 0 Å². The minimum absolute atomic E-state index is 0.106. The number of rotatable bonds is 9. The molecule has 0 aliphatic carbocycles. The molecule has 4 aromatic carbocycles. The van der Waals surface area contributed by atoms with Crippen LogP contribution in [0.1, 0.15) is 41.7 Å². The Kier molecular flexibility index (Phi) is 9.04. The molecule has 0 saturated carbocycles. The van der Waals surface area contributed by atoms with Gasteiger partial charge in [-0.25, -0.2) is 0 Å². The molecular weight excluding hydrogens is 500 g/mol. The summed E-state index contributed by atoms with van der Waals surface area (Å²) in [5.74, 6) is 0.202. The Morgan fingerprint density at radius 1 is 0.757 bits per heavy atom. The van der Waals surface area contributed by atoms with Gasteiger partial charge in [-0.1, -0.05) is 86.1 Å². The topological polar surface area (TPSA) is 58.2 Å². The zero-order valence-corrected chi connectivity index (χ0v) is 22.4. The van der Waals surface area contributed by atoms with Gasteiger partial charge in [0.2, 0.25) is 11.8 Å². The van der Waals surface area contributed by atoms with Crippen LogP contribution in [0.2, 0.25) is 5.02 Å². The Bertz CT molecular complexity index is 1340. The predicted molar refractivity (Wildman–Crippen MR) is 154 cm³/mol. The van der Waals surface area contributed by atoms with E-state index in [2.05, 4.69) is 24.5 Å². The van der Waals surface area contributed by atoms with Crippen LogP contribution in [0.3, 0.4) is 0 Å². The number of hydrogen-bond donors (Lipinski definition) is 2. The van der Waals surface area contributed by atoms with Gasteiger partial charge < -0.3 is 10.6 Å². The number of thioether (sulfide) groups is 1. The van der Waals surface area contributed by atoms with E-state index < -0.39 is 5.25 Å². The lowest BCUT2D eigenvalue weighted by Gasteiger charge is -2.18. The molecule has 0 aromatic heterocycles. The van der Waals surface area contributed by atoms with Crippen molar-refractivity contribution in [3.05, 3.63) is 125 Å². The SMILES string of the molecule is CC(C)c1ccc(NC(=O)C(Sc2cccc(NC(=O)Cc3ccc(Cl)cc3)c2)c2ccccc2)cc1. The van der Waals surface area contributed by atoms with Crippen LogP contribution in [0.5, 0.6) is 0 Å². The average Bonchev–Trinajstić information content (AvgIpc) is 2.89. The highest BCUT2D eigenvalue weighted by Crippen LogP contribution is 2.37. The number of carbonyl (C=O) groups excluding carboxylic acids is 2. The van der Waals surface area contributed by atoms with Crippen LogP contribution in [-0.2, 0) is 16.0 Å². The average molecular weight is 529 g/mol. The van der Waals surface area contributed by atoms with Crippen molar-refractivity contribution in [1.82, 2.24) is 0 Å². The Morgan fingerprint density at radius 2 is 1.46 bits per heavy atom. The third-order valence-corrected chi connectivity index (χ3v) is 7.34. The Morgan fingerprint density at radius 3 is 2.14 bits per heavy atom. The van der Waals surface area contributed by atoms with E-state index in [0.717, 1.165) is 21.7 Å². The summed E-state index contributed by atoms with van der Waals surface area (Å²) in [6.07, 6.45) is 0.249. The van der Waals surface area contributed by atoms with Crippen LogP contribution in [0, 0.1) is 0 Å². The largest absolute Gasteiger partial charge is 0.326 e. The van der Waals surface area contributed by atoms with E-state index >= 15 is 0 Å². The first-order chi connectivity index (χ1) is 17.9. The summed E-state index contributed by atoms with van der Waals surface area (Å²) in [7, 11) is 0. The first-order valence-electron chi connectivity index (χ1n) is 12.1. The maximum Gasteiger partial charge on any atom is 0.242 e. The summed E-state index contributed by atoms with van der Waals surface area (Å²) in [6, 6.07) is 32.5. The van der Waals surface area contributed by atoms with Crippen LogP contribution in [0.25, 0.3) is 0 Å². The van der Waals surface area contributed by atoms with E-state index in [1.54, 1.807) is 12.1 Å². The van der Waals surface area contributed by atoms with Crippen molar-refractivity contribution in [2.45, 2.75) is 36.3 Å². The molecule has 0 aliphatic heterocycles. The smallest absolute Gasteiger partial charge is 0.242 e. The van der Waals surface area contributed by atoms with E-state index in [1.807, 2.05) is 91.0 Å². The van der Waals surface area contributed by atoms with Gasteiger partial charge >= 0.3 is 0 Å². The molecule has 0 radical (unpaired) electrons. The monoisotopic (exact) mass is 528 g/mol.